The van der Waals surface area contributed by atoms with E-state index in [0.29, 0.717) is 31.8 Å². The highest BCUT2D eigenvalue weighted by atomic mass is 19.4. The minimum absolute atomic E-state index is 0.0113. The molecular formula is C17H23F3N2O2. The average molecular weight is 344 g/mol. The van der Waals surface area contributed by atoms with Gasteiger partial charge >= 0.3 is 6.18 Å². The number of carbonyl (C=O) groups excluding carboxylic acids is 1. The van der Waals surface area contributed by atoms with Crippen molar-refractivity contribution in [3.05, 3.63) is 35.4 Å². The van der Waals surface area contributed by atoms with Gasteiger partial charge in [-0.1, -0.05) is 18.2 Å². The van der Waals surface area contributed by atoms with Gasteiger partial charge in [0.25, 0.3) is 0 Å². The summed E-state index contributed by atoms with van der Waals surface area (Å²) in [5.74, 6) is -0.144. The predicted molar refractivity (Wildman–Crippen MR) is 84.4 cm³/mol. The fourth-order valence-corrected chi connectivity index (χ4v) is 2.75. The quantitative estimate of drug-likeness (QED) is 0.807. The van der Waals surface area contributed by atoms with Crippen LogP contribution in [-0.2, 0) is 22.1 Å². The number of rotatable bonds is 6. The first-order valence-corrected chi connectivity index (χ1v) is 8.15. The van der Waals surface area contributed by atoms with E-state index < -0.39 is 11.7 Å². The van der Waals surface area contributed by atoms with Crippen molar-refractivity contribution in [2.24, 2.45) is 5.73 Å². The summed E-state index contributed by atoms with van der Waals surface area (Å²) >= 11 is 0. The highest BCUT2D eigenvalue weighted by molar-refractivity contribution is 5.78. The fourth-order valence-electron chi connectivity index (χ4n) is 2.75. The van der Waals surface area contributed by atoms with Crippen LogP contribution in [0.5, 0.6) is 0 Å². The molecule has 4 nitrogen and oxygen atoms in total. The topological polar surface area (TPSA) is 55.6 Å². The van der Waals surface area contributed by atoms with Crippen LogP contribution in [0.1, 0.15) is 30.4 Å². The molecule has 1 aliphatic rings. The maximum atomic E-state index is 12.7. The highest BCUT2D eigenvalue weighted by Crippen LogP contribution is 2.29. The molecule has 0 spiro atoms. The Hall–Kier alpha value is -1.60. The number of piperidine rings is 1. The third kappa shape index (κ3) is 5.49. The molecule has 2 N–H and O–H groups in total. The maximum absolute atomic E-state index is 12.7. The van der Waals surface area contributed by atoms with Gasteiger partial charge in [-0.25, -0.2) is 0 Å². The molecule has 0 aliphatic carbocycles. The van der Waals surface area contributed by atoms with E-state index in [-0.39, 0.29) is 18.4 Å². The van der Waals surface area contributed by atoms with Crippen molar-refractivity contribution in [3.8, 4) is 0 Å². The normalized spacial score (nSPS) is 16.4. The Bertz CT molecular complexity index is 541. The lowest BCUT2D eigenvalue weighted by Gasteiger charge is -2.32. The van der Waals surface area contributed by atoms with Gasteiger partial charge in [0.15, 0.2) is 0 Å². The molecule has 0 saturated carbocycles. The summed E-state index contributed by atoms with van der Waals surface area (Å²) in [7, 11) is 0. The van der Waals surface area contributed by atoms with E-state index in [1.54, 1.807) is 11.0 Å². The molecule has 1 amide bonds. The lowest BCUT2D eigenvalue weighted by molar-refractivity contribution is -0.138. The molecule has 7 heteroatoms. The molecule has 1 aliphatic heterocycles. The van der Waals surface area contributed by atoms with Crippen molar-refractivity contribution in [1.29, 1.82) is 0 Å². The third-order valence-corrected chi connectivity index (χ3v) is 4.11. The van der Waals surface area contributed by atoms with Gasteiger partial charge in [-0.2, -0.15) is 13.2 Å². The Labute approximate surface area is 139 Å². The second-order valence-corrected chi connectivity index (χ2v) is 5.97. The fraction of sp³-hybridized carbons (Fsp3) is 0.588. The molecule has 24 heavy (non-hydrogen) atoms. The van der Waals surface area contributed by atoms with Gasteiger partial charge in [-0.05, 0) is 37.4 Å². The van der Waals surface area contributed by atoms with Crippen LogP contribution in [-0.4, -0.2) is 43.2 Å². The summed E-state index contributed by atoms with van der Waals surface area (Å²) in [5, 5.41) is 0. The second-order valence-electron chi connectivity index (χ2n) is 5.97. The molecule has 2 rings (SSSR count). The van der Waals surface area contributed by atoms with E-state index in [1.165, 1.54) is 6.07 Å². The number of nitrogens with two attached hydrogens (primary N) is 1. The summed E-state index contributed by atoms with van der Waals surface area (Å²) in [6.45, 7) is 2.36. The minimum Gasteiger partial charge on any atom is -0.378 e. The standard InChI is InChI=1S/C17H23F3N2O2/c18-17(19,20)14-4-1-3-13(11-14)12-16(23)22-8-5-15(6-9-22)24-10-2-7-21/h1,3-4,11,15H,2,5-10,12,21H2. The number of nitrogens with zero attached hydrogens (tertiary/aromatic N) is 1. The Kier molecular flexibility index (Phi) is 6.62. The number of likely N-dealkylation sites (tertiary alicyclic amines) is 1. The van der Waals surface area contributed by atoms with Crippen LogP contribution < -0.4 is 5.73 Å². The number of hydrogen-bond acceptors (Lipinski definition) is 3. The first-order valence-electron chi connectivity index (χ1n) is 8.15. The summed E-state index contributed by atoms with van der Waals surface area (Å²) in [4.78, 5) is 14.0. The van der Waals surface area contributed by atoms with E-state index in [9.17, 15) is 18.0 Å². The molecule has 1 aromatic rings. The van der Waals surface area contributed by atoms with Crippen molar-refractivity contribution in [2.45, 2.75) is 38.0 Å². The molecule has 1 saturated heterocycles. The minimum atomic E-state index is -4.39. The monoisotopic (exact) mass is 344 g/mol. The van der Waals surface area contributed by atoms with Crippen molar-refractivity contribution in [3.63, 3.8) is 0 Å². The third-order valence-electron chi connectivity index (χ3n) is 4.11. The Morgan fingerprint density at radius 2 is 2.00 bits per heavy atom. The smallest absolute Gasteiger partial charge is 0.378 e. The Morgan fingerprint density at radius 3 is 2.62 bits per heavy atom. The number of halogens is 3. The van der Waals surface area contributed by atoms with Crippen LogP contribution in [0.4, 0.5) is 13.2 Å². The predicted octanol–water partition coefficient (Wildman–Crippen LogP) is 2.60. The number of ether oxygens (including phenoxy) is 1. The molecule has 134 valence electrons. The first kappa shape index (κ1) is 18.7. The molecular weight excluding hydrogens is 321 g/mol. The number of alkyl halides is 3. The molecule has 1 heterocycles. The van der Waals surface area contributed by atoms with Gasteiger partial charge in [0, 0.05) is 19.7 Å². The van der Waals surface area contributed by atoms with Crippen molar-refractivity contribution < 1.29 is 22.7 Å². The molecule has 0 radical (unpaired) electrons. The van der Waals surface area contributed by atoms with Gasteiger partial charge in [-0.15, -0.1) is 0 Å². The van der Waals surface area contributed by atoms with Crippen LogP contribution >= 0.6 is 0 Å². The number of benzene rings is 1. The van der Waals surface area contributed by atoms with E-state index in [2.05, 4.69) is 0 Å². The van der Waals surface area contributed by atoms with Crippen LogP contribution in [0.25, 0.3) is 0 Å². The van der Waals surface area contributed by atoms with Gasteiger partial charge in [0.1, 0.15) is 0 Å². The van der Waals surface area contributed by atoms with Crippen molar-refractivity contribution in [1.82, 2.24) is 4.90 Å². The number of amides is 1. The van der Waals surface area contributed by atoms with Crippen LogP contribution in [0.3, 0.4) is 0 Å². The summed E-state index contributed by atoms with van der Waals surface area (Å²) in [5.41, 5.74) is 5.08. The molecule has 0 unspecified atom stereocenters. The zero-order chi connectivity index (χ0) is 17.6. The van der Waals surface area contributed by atoms with Crippen LogP contribution in [0, 0.1) is 0 Å². The Morgan fingerprint density at radius 1 is 1.29 bits per heavy atom. The van der Waals surface area contributed by atoms with Crippen LogP contribution in [0.2, 0.25) is 0 Å². The average Bonchev–Trinajstić information content (AvgIpc) is 2.55. The zero-order valence-electron chi connectivity index (χ0n) is 13.5. The van der Waals surface area contributed by atoms with E-state index in [4.69, 9.17) is 10.5 Å². The van der Waals surface area contributed by atoms with Gasteiger partial charge < -0.3 is 15.4 Å². The highest BCUT2D eigenvalue weighted by Gasteiger charge is 2.30. The molecule has 1 fully saturated rings. The Balaban J connectivity index is 1.84. The summed E-state index contributed by atoms with van der Waals surface area (Å²) in [6, 6.07) is 4.94. The SMILES string of the molecule is NCCCOC1CCN(C(=O)Cc2cccc(C(F)(F)F)c2)CC1. The zero-order valence-corrected chi connectivity index (χ0v) is 13.5. The van der Waals surface area contributed by atoms with Crippen molar-refractivity contribution in [2.75, 3.05) is 26.2 Å². The maximum Gasteiger partial charge on any atom is 0.416 e. The number of hydrogen-bond donors (Lipinski definition) is 1. The largest absolute Gasteiger partial charge is 0.416 e. The molecule has 0 aromatic heterocycles. The van der Waals surface area contributed by atoms with Gasteiger partial charge in [-0.3, -0.25) is 4.79 Å². The van der Waals surface area contributed by atoms with Gasteiger partial charge in [0.05, 0.1) is 18.1 Å². The second kappa shape index (κ2) is 8.48. The van der Waals surface area contributed by atoms with Crippen LogP contribution in [0.15, 0.2) is 24.3 Å². The van der Waals surface area contributed by atoms with E-state index in [1.807, 2.05) is 0 Å². The lowest BCUT2D eigenvalue weighted by atomic mass is 10.0. The molecule has 0 atom stereocenters. The lowest BCUT2D eigenvalue weighted by Crippen LogP contribution is -2.41. The summed E-state index contributed by atoms with van der Waals surface area (Å²) in [6.07, 6.45) is -1.96. The first-order chi connectivity index (χ1) is 11.4. The summed E-state index contributed by atoms with van der Waals surface area (Å²) < 4.78 is 43.8. The van der Waals surface area contributed by atoms with E-state index in [0.717, 1.165) is 31.4 Å². The van der Waals surface area contributed by atoms with E-state index >= 15 is 0 Å². The van der Waals surface area contributed by atoms with Gasteiger partial charge in [0.2, 0.25) is 5.91 Å². The number of carbonyl (C=O) groups is 1. The van der Waals surface area contributed by atoms with Crippen molar-refractivity contribution >= 4 is 5.91 Å². The molecule has 0 bridgehead atoms. The molecule has 1 aromatic carbocycles.